The Morgan fingerprint density at radius 2 is 2.11 bits per heavy atom. The van der Waals surface area contributed by atoms with E-state index in [1.54, 1.807) is 0 Å². The summed E-state index contributed by atoms with van der Waals surface area (Å²) in [6.45, 7) is 11.5. The van der Waals surface area contributed by atoms with Crippen molar-refractivity contribution in [2.45, 2.75) is 52.9 Å². The van der Waals surface area contributed by atoms with Crippen LogP contribution in [0.15, 0.2) is 10.6 Å². The van der Waals surface area contributed by atoms with E-state index in [4.69, 9.17) is 9.26 Å². The first-order chi connectivity index (χ1) is 8.97. The Bertz CT molecular complexity index is 350. The first-order valence-corrected chi connectivity index (χ1v) is 6.95. The van der Waals surface area contributed by atoms with E-state index in [0.717, 1.165) is 37.7 Å². The Morgan fingerprint density at radius 3 is 2.74 bits per heavy atom. The Balaban J connectivity index is 2.28. The van der Waals surface area contributed by atoms with Crippen LogP contribution in [0, 0.1) is 0 Å². The van der Waals surface area contributed by atoms with Crippen LogP contribution >= 0.6 is 0 Å². The van der Waals surface area contributed by atoms with Gasteiger partial charge in [0.1, 0.15) is 0 Å². The van der Waals surface area contributed by atoms with Gasteiger partial charge in [0.2, 0.25) is 0 Å². The maximum atomic E-state index is 5.52. The molecule has 0 amide bonds. The SMILES string of the molecule is CC(C)NCc1cc(CN(C)CCOC(C)C)on1. The summed E-state index contributed by atoms with van der Waals surface area (Å²) in [4.78, 5) is 2.17. The van der Waals surface area contributed by atoms with Crippen molar-refractivity contribution in [2.24, 2.45) is 0 Å². The maximum Gasteiger partial charge on any atom is 0.151 e. The van der Waals surface area contributed by atoms with Crippen LogP contribution in [0.3, 0.4) is 0 Å². The van der Waals surface area contributed by atoms with E-state index in [1.165, 1.54) is 0 Å². The van der Waals surface area contributed by atoms with Crippen molar-refractivity contribution in [1.29, 1.82) is 0 Å². The first-order valence-electron chi connectivity index (χ1n) is 6.95. The average Bonchev–Trinajstić information content (AvgIpc) is 2.73. The lowest BCUT2D eigenvalue weighted by molar-refractivity contribution is 0.0613. The van der Waals surface area contributed by atoms with Crippen molar-refractivity contribution >= 4 is 0 Å². The number of ether oxygens (including phenoxy) is 1. The van der Waals surface area contributed by atoms with Gasteiger partial charge in [0, 0.05) is 25.2 Å². The van der Waals surface area contributed by atoms with Crippen LogP contribution in [0.5, 0.6) is 0 Å². The molecular weight excluding hydrogens is 242 g/mol. The number of nitrogens with zero attached hydrogens (tertiary/aromatic N) is 2. The molecule has 0 aliphatic carbocycles. The number of nitrogens with one attached hydrogen (secondary N) is 1. The minimum Gasteiger partial charge on any atom is -0.377 e. The van der Waals surface area contributed by atoms with Gasteiger partial charge in [-0.15, -0.1) is 0 Å². The number of likely N-dealkylation sites (N-methyl/N-ethyl adjacent to an activating group) is 1. The molecule has 1 heterocycles. The predicted octanol–water partition coefficient (Wildman–Crippen LogP) is 2.03. The van der Waals surface area contributed by atoms with Crippen molar-refractivity contribution in [3.8, 4) is 0 Å². The molecule has 0 saturated carbocycles. The monoisotopic (exact) mass is 269 g/mol. The van der Waals surface area contributed by atoms with Crippen molar-refractivity contribution in [1.82, 2.24) is 15.4 Å². The number of aromatic nitrogens is 1. The van der Waals surface area contributed by atoms with Gasteiger partial charge in [0.25, 0.3) is 0 Å². The summed E-state index contributed by atoms with van der Waals surface area (Å²) >= 11 is 0. The molecule has 0 aromatic carbocycles. The topological polar surface area (TPSA) is 50.5 Å². The summed E-state index contributed by atoms with van der Waals surface area (Å²) in [5.74, 6) is 0.896. The summed E-state index contributed by atoms with van der Waals surface area (Å²) in [7, 11) is 2.05. The van der Waals surface area contributed by atoms with E-state index in [0.29, 0.717) is 6.04 Å². The second-order valence-electron chi connectivity index (χ2n) is 5.48. The molecular formula is C14H27N3O2. The zero-order valence-corrected chi connectivity index (χ0v) is 12.8. The van der Waals surface area contributed by atoms with Gasteiger partial charge in [-0.05, 0) is 20.9 Å². The summed E-state index contributed by atoms with van der Waals surface area (Å²) in [6, 6.07) is 2.46. The van der Waals surface area contributed by atoms with Crippen LogP contribution in [0.25, 0.3) is 0 Å². The van der Waals surface area contributed by atoms with Crippen LogP contribution in [0.4, 0.5) is 0 Å². The van der Waals surface area contributed by atoms with Gasteiger partial charge in [-0.25, -0.2) is 0 Å². The highest BCUT2D eigenvalue weighted by molar-refractivity contribution is 5.05. The third-order valence-corrected chi connectivity index (χ3v) is 2.65. The normalized spacial score (nSPS) is 12.0. The van der Waals surface area contributed by atoms with Crippen LogP contribution in [0.2, 0.25) is 0 Å². The van der Waals surface area contributed by atoms with Gasteiger partial charge >= 0.3 is 0 Å². The van der Waals surface area contributed by atoms with Gasteiger partial charge in [-0.3, -0.25) is 4.90 Å². The molecule has 0 spiro atoms. The standard InChI is InChI=1S/C14H27N3O2/c1-11(2)15-9-13-8-14(19-16-13)10-17(5)6-7-18-12(3)4/h8,11-12,15H,6-7,9-10H2,1-5H3. The van der Waals surface area contributed by atoms with Crippen molar-refractivity contribution in [3.05, 3.63) is 17.5 Å². The molecule has 0 radical (unpaired) electrons. The minimum atomic E-state index is 0.285. The predicted molar refractivity (Wildman–Crippen MR) is 75.9 cm³/mol. The summed E-state index contributed by atoms with van der Waals surface area (Å²) < 4.78 is 10.8. The summed E-state index contributed by atoms with van der Waals surface area (Å²) in [5, 5.41) is 7.37. The van der Waals surface area contributed by atoms with Gasteiger partial charge in [0.05, 0.1) is 24.9 Å². The molecule has 0 aliphatic heterocycles. The van der Waals surface area contributed by atoms with Gasteiger partial charge in [-0.1, -0.05) is 19.0 Å². The highest BCUT2D eigenvalue weighted by Crippen LogP contribution is 2.06. The van der Waals surface area contributed by atoms with Crippen LogP contribution in [-0.2, 0) is 17.8 Å². The van der Waals surface area contributed by atoms with E-state index in [2.05, 4.69) is 36.3 Å². The number of hydrogen-bond donors (Lipinski definition) is 1. The van der Waals surface area contributed by atoms with Gasteiger partial charge in [-0.2, -0.15) is 0 Å². The van der Waals surface area contributed by atoms with E-state index in [9.17, 15) is 0 Å². The molecule has 0 fully saturated rings. The van der Waals surface area contributed by atoms with Crippen LogP contribution < -0.4 is 5.32 Å². The summed E-state index contributed by atoms with van der Waals surface area (Å²) in [6.07, 6.45) is 0.285. The molecule has 0 bridgehead atoms. The Morgan fingerprint density at radius 1 is 1.37 bits per heavy atom. The Kier molecular flexibility index (Phi) is 7.05. The molecule has 0 unspecified atom stereocenters. The molecule has 1 N–H and O–H groups in total. The molecule has 5 heteroatoms. The van der Waals surface area contributed by atoms with Crippen molar-refractivity contribution in [2.75, 3.05) is 20.2 Å². The van der Waals surface area contributed by atoms with Gasteiger partial charge < -0.3 is 14.6 Å². The highest BCUT2D eigenvalue weighted by Gasteiger charge is 2.08. The number of hydrogen-bond acceptors (Lipinski definition) is 5. The molecule has 19 heavy (non-hydrogen) atoms. The molecule has 5 nitrogen and oxygen atoms in total. The zero-order valence-electron chi connectivity index (χ0n) is 12.8. The quantitative estimate of drug-likeness (QED) is 0.743. The summed E-state index contributed by atoms with van der Waals surface area (Å²) in [5.41, 5.74) is 0.954. The fourth-order valence-electron chi connectivity index (χ4n) is 1.61. The zero-order chi connectivity index (χ0) is 14.3. The number of rotatable bonds is 9. The maximum absolute atomic E-state index is 5.52. The molecule has 0 saturated heterocycles. The van der Waals surface area contributed by atoms with E-state index in [1.807, 2.05) is 19.9 Å². The van der Waals surface area contributed by atoms with E-state index >= 15 is 0 Å². The lowest BCUT2D eigenvalue weighted by Gasteiger charge is -2.15. The van der Waals surface area contributed by atoms with Crippen LogP contribution in [-0.4, -0.2) is 42.4 Å². The second-order valence-corrected chi connectivity index (χ2v) is 5.48. The van der Waals surface area contributed by atoms with Crippen LogP contribution in [0.1, 0.15) is 39.1 Å². The lowest BCUT2D eigenvalue weighted by Crippen LogP contribution is -2.23. The van der Waals surface area contributed by atoms with Crippen molar-refractivity contribution < 1.29 is 9.26 Å². The fourth-order valence-corrected chi connectivity index (χ4v) is 1.61. The third-order valence-electron chi connectivity index (χ3n) is 2.65. The largest absolute Gasteiger partial charge is 0.377 e. The van der Waals surface area contributed by atoms with E-state index < -0.39 is 0 Å². The molecule has 110 valence electrons. The Labute approximate surface area is 116 Å². The molecule has 1 aromatic heterocycles. The lowest BCUT2D eigenvalue weighted by atomic mass is 10.3. The second kappa shape index (κ2) is 8.30. The molecule has 0 atom stereocenters. The molecule has 1 rings (SSSR count). The average molecular weight is 269 g/mol. The smallest absolute Gasteiger partial charge is 0.151 e. The third kappa shape index (κ3) is 7.30. The van der Waals surface area contributed by atoms with Crippen molar-refractivity contribution in [3.63, 3.8) is 0 Å². The first kappa shape index (κ1) is 16.1. The molecule has 0 aliphatic rings. The minimum absolute atomic E-state index is 0.285. The Hall–Kier alpha value is -0.910. The van der Waals surface area contributed by atoms with E-state index in [-0.39, 0.29) is 6.10 Å². The van der Waals surface area contributed by atoms with Gasteiger partial charge in [0.15, 0.2) is 5.76 Å². The molecule has 1 aromatic rings. The fraction of sp³-hybridized carbons (Fsp3) is 0.786. The highest BCUT2D eigenvalue weighted by atomic mass is 16.5.